The Morgan fingerprint density at radius 3 is 2.70 bits per heavy atom. The molecule has 0 unspecified atom stereocenters. The number of alkyl halides is 2. The summed E-state index contributed by atoms with van der Waals surface area (Å²) in [5, 5.41) is 0. The summed E-state index contributed by atoms with van der Waals surface area (Å²) in [6.07, 6.45) is -1.26. The Bertz CT molecular complexity index is 712. The normalized spacial score (nSPS) is 25.7. The fraction of sp³-hybridized carbons (Fsp3) is 0.438. The molecule has 2 aliphatic rings. The molecular formula is C16H14F4O3. The van der Waals surface area contributed by atoms with Crippen LogP contribution in [0.2, 0.25) is 0 Å². The second kappa shape index (κ2) is 5.33. The first-order valence-electron chi connectivity index (χ1n) is 7.03. The molecule has 1 heterocycles. The number of esters is 1. The maximum absolute atomic E-state index is 13.9. The van der Waals surface area contributed by atoms with E-state index in [0.29, 0.717) is 0 Å². The Balaban J connectivity index is 2.17. The number of rotatable bonds is 2. The van der Waals surface area contributed by atoms with Gasteiger partial charge in [-0.15, -0.1) is 0 Å². The van der Waals surface area contributed by atoms with Crippen molar-refractivity contribution in [1.29, 1.82) is 0 Å². The molecule has 124 valence electrons. The molecule has 0 bridgehead atoms. The molecule has 0 saturated carbocycles. The Labute approximate surface area is 129 Å². The molecule has 1 aliphatic carbocycles. The second-order valence-electron chi connectivity index (χ2n) is 5.72. The summed E-state index contributed by atoms with van der Waals surface area (Å²) in [4.78, 5) is 12.0. The maximum Gasteiger partial charge on any atom is 0.334 e. The number of methoxy groups -OCH3 is 1. The van der Waals surface area contributed by atoms with E-state index in [-0.39, 0.29) is 28.7 Å². The number of halogens is 4. The molecule has 1 aliphatic heterocycles. The van der Waals surface area contributed by atoms with Crippen LogP contribution < -0.4 is 0 Å². The summed E-state index contributed by atoms with van der Waals surface area (Å²) in [6.45, 7) is 0.569. The molecule has 0 spiro atoms. The lowest BCUT2D eigenvalue weighted by Crippen LogP contribution is -2.28. The van der Waals surface area contributed by atoms with E-state index in [0.717, 1.165) is 13.2 Å². The average molecular weight is 330 g/mol. The van der Waals surface area contributed by atoms with Gasteiger partial charge in [-0.25, -0.2) is 22.4 Å². The third-order valence-corrected chi connectivity index (χ3v) is 4.46. The summed E-state index contributed by atoms with van der Waals surface area (Å²) >= 11 is 0. The van der Waals surface area contributed by atoms with E-state index < -0.39 is 42.2 Å². The maximum atomic E-state index is 13.9. The Hall–Kier alpha value is -1.89. The van der Waals surface area contributed by atoms with E-state index in [1.807, 2.05) is 0 Å². The van der Waals surface area contributed by atoms with Crippen molar-refractivity contribution >= 4 is 11.5 Å². The summed E-state index contributed by atoms with van der Waals surface area (Å²) < 4.78 is 64.9. The number of carbonyl (C=O) groups excluding carboxylic acids is 1. The minimum atomic E-state index is -3.09. The van der Waals surface area contributed by atoms with Crippen molar-refractivity contribution in [3.8, 4) is 0 Å². The summed E-state index contributed by atoms with van der Waals surface area (Å²) in [6, 6.07) is 2.17. The lowest BCUT2D eigenvalue weighted by molar-refractivity contribution is -0.136. The van der Waals surface area contributed by atoms with E-state index >= 15 is 0 Å². The molecule has 7 heteroatoms. The first kappa shape index (κ1) is 16.0. The Morgan fingerprint density at radius 1 is 1.35 bits per heavy atom. The highest BCUT2D eigenvalue weighted by Crippen LogP contribution is 2.51. The quantitative estimate of drug-likeness (QED) is 0.617. The van der Waals surface area contributed by atoms with Gasteiger partial charge in [0, 0.05) is 5.57 Å². The third-order valence-electron chi connectivity index (χ3n) is 4.46. The van der Waals surface area contributed by atoms with E-state index in [1.165, 1.54) is 13.0 Å². The molecule has 2 atom stereocenters. The van der Waals surface area contributed by atoms with Crippen LogP contribution in [0.15, 0.2) is 17.7 Å². The lowest BCUT2D eigenvalue weighted by Gasteiger charge is -2.17. The Kier molecular flexibility index (Phi) is 3.71. The third kappa shape index (κ3) is 2.34. The van der Waals surface area contributed by atoms with Crippen molar-refractivity contribution in [3.05, 3.63) is 40.5 Å². The molecule has 1 aromatic carbocycles. The second-order valence-corrected chi connectivity index (χ2v) is 5.72. The molecule has 23 heavy (non-hydrogen) atoms. The van der Waals surface area contributed by atoms with Crippen LogP contribution in [-0.4, -0.2) is 31.7 Å². The van der Waals surface area contributed by atoms with Gasteiger partial charge in [0.1, 0.15) is 6.61 Å². The largest absolute Gasteiger partial charge is 0.466 e. The highest BCUT2D eigenvalue weighted by atomic mass is 19.3. The number of benzene rings is 1. The minimum absolute atomic E-state index is 0.0241. The molecule has 1 saturated heterocycles. The zero-order chi connectivity index (χ0) is 16.9. The van der Waals surface area contributed by atoms with Crippen LogP contribution in [0.25, 0.3) is 5.57 Å². The zero-order valence-electron chi connectivity index (χ0n) is 12.5. The standard InChI is InChI=1S/C16H14F4O3/c1-7-8(3-4-11(17)13(7)18)12-9(15(21)22-2)5-10-14(12)23-6-16(10,19)20/h3-4,10,14H,5-6H2,1-2H3/t10-,14-/m1/s1. The summed E-state index contributed by atoms with van der Waals surface area (Å²) in [5.41, 5.74) is 0.321. The number of carbonyl (C=O) groups is 1. The van der Waals surface area contributed by atoms with Crippen molar-refractivity contribution in [2.45, 2.75) is 25.4 Å². The first-order chi connectivity index (χ1) is 10.8. The fourth-order valence-corrected chi connectivity index (χ4v) is 3.26. The van der Waals surface area contributed by atoms with Crippen LogP contribution in [0.4, 0.5) is 17.6 Å². The lowest BCUT2D eigenvalue weighted by atomic mass is 9.92. The van der Waals surface area contributed by atoms with Gasteiger partial charge in [0.05, 0.1) is 19.1 Å². The SMILES string of the molecule is COC(=O)C1=C(c2ccc(F)c(F)c2C)[C@@H]2OCC(F)(F)[C@@H]2C1. The molecule has 3 nitrogen and oxygen atoms in total. The van der Waals surface area contributed by atoms with E-state index in [1.54, 1.807) is 0 Å². The van der Waals surface area contributed by atoms with Gasteiger partial charge >= 0.3 is 5.97 Å². The van der Waals surface area contributed by atoms with Gasteiger partial charge in [-0.05, 0) is 36.1 Å². The molecular weight excluding hydrogens is 316 g/mol. The van der Waals surface area contributed by atoms with Crippen molar-refractivity contribution in [3.63, 3.8) is 0 Å². The predicted molar refractivity (Wildman–Crippen MR) is 72.8 cm³/mol. The van der Waals surface area contributed by atoms with Crippen LogP contribution in [0, 0.1) is 24.5 Å². The number of fused-ring (bicyclic) bond motifs is 1. The zero-order valence-corrected chi connectivity index (χ0v) is 12.5. The minimum Gasteiger partial charge on any atom is -0.466 e. The highest BCUT2D eigenvalue weighted by molar-refractivity contribution is 6.00. The van der Waals surface area contributed by atoms with Gasteiger partial charge in [0.2, 0.25) is 0 Å². The fourth-order valence-electron chi connectivity index (χ4n) is 3.26. The first-order valence-corrected chi connectivity index (χ1v) is 7.03. The van der Waals surface area contributed by atoms with Crippen LogP contribution in [0.5, 0.6) is 0 Å². The van der Waals surface area contributed by atoms with Gasteiger partial charge in [0.15, 0.2) is 11.6 Å². The van der Waals surface area contributed by atoms with Crippen molar-refractivity contribution < 1.29 is 31.8 Å². The van der Waals surface area contributed by atoms with Crippen molar-refractivity contribution in [2.75, 3.05) is 13.7 Å². The smallest absolute Gasteiger partial charge is 0.334 e. The van der Waals surface area contributed by atoms with Crippen LogP contribution >= 0.6 is 0 Å². The molecule has 0 amide bonds. The van der Waals surface area contributed by atoms with Gasteiger partial charge < -0.3 is 9.47 Å². The molecule has 0 N–H and O–H groups in total. The van der Waals surface area contributed by atoms with Crippen molar-refractivity contribution in [2.24, 2.45) is 5.92 Å². The monoisotopic (exact) mass is 330 g/mol. The van der Waals surface area contributed by atoms with Gasteiger partial charge in [-0.3, -0.25) is 0 Å². The van der Waals surface area contributed by atoms with Crippen LogP contribution in [0.1, 0.15) is 17.5 Å². The predicted octanol–water partition coefficient (Wildman–Crippen LogP) is 3.25. The van der Waals surface area contributed by atoms with Gasteiger partial charge in [-0.1, -0.05) is 6.07 Å². The van der Waals surface area contributed by atoms with E-state index in [2.05, 4.69) is 4.74 Å². The number of hydrogen-bond acceptors (Lipinski definition) is 3. The van der Waals surface area contributed by atoms with Gasteiger partial charge in [0.25, 0.3) is 5.92 Å². The summed E-state index contributed by atoms with van der Waals surface area (Å²) in [7, 11) is 1.14. The Morgan fingerprint density at radius 2 is 2.04 bits per heavy atom. The topological polar surface area (TPSA) is 35.5 Å². The highest BCUT2D eigenvalue weighted by Gasteiger charge is 2.57. The van der Waals surface area contributed by atoms with Crippen molar-refractivity contribution in [1.82, 2.24) is 0 Å². The molecule has 1 aromatic rings. The molecule has 1 fully saturated rings. The van der Waals surface area contributed by atoms with E-state index in [4.69, 9.17) is 4.74 Å². The molecule has 0 radical (unpaired) electrons. The van der Waals surface area contributed by atoms with Crippen LogP contribution in [0.3, 0.4) is 0 Å². The molecule has 0 aromatic heterocycles. The van der Waals surface area contributed by atoms with Gasteiger partial charge in [-0.2, -0.15) is 0 Å². The molecule has 3 rings (SSSR count). The number of hydrogen-bond donors (Lipinski definition) is 0. The average Bonchev–Trinajstić information content (AvgIpc) is 3.03. The van der Waals surface area contributed by atoms with E-state index in [9.17, 15) is 22.4 Å². The number of ether oxygens (including phenoxy) is 2. The summed E-state index contributed by atoms with van der Waals surface area (Å²) in [5.74, 6) is -7.18. The van der Waals surface area contributed by atoms with Crippen LogP contribution in [-0.2, 0) is 14.3 Å².